The highest BCUT2D eigenvalue weighted by Gasteiger charge is 2.36. The van der Waals surface area contributed by atoms with E-state index in [9.17, 15) is 5.11 Å². The van der Waals surface area contributed by atoms with Crippen molar-refractivity contribution in [3.05, 3.63) is 34.6 Å². The van der Waals surface area contributed by atoms with Gasteiger partial charge >= 0.3 is 0 Å². The molecule has 0 amide bonds. The van der Waals surface area contributed by atoms with Crippen LogP contribution in [-0.2, 0) is 0 Å². The Morgan fingerprint density at radius 1 is 1.48 bits per heavy atom. The first kappa shape index (κ1) is 13.8. The van der Waals surface area contributed by atoms with Crippen LogP contribution in [0, 0.1) is 18.3 Å². The highest BCUT2D eigenvalue weighted by atomic mass is 35.5. The molecule has 0 aromatic carbocycles. The number of nitrogens with zero attached hydrogens (tertiary/aromatic N) is 5. The number of nitriles is 1. The second kappa shape index (κ2) is 5.31. The van der Waals surface area contributed by atoms with Crippen LogP contribution in [0.5, 0.6) is 0 Å². The largest absolute Gasteiger partial charge is 0.391 e. The molecule has 1 fully saturated rings. The molecule has 3 rings (SSSR count). The van der Waals surface area contributed by atoms with E-state index in [2.05, 4.69) is 15.1 Å². The van der Waals surface area contributed by atoms with Gasteiger partial charge in [0.1, 0.15) is 17.9 Å². The Labute approximate surface area is 125 Å². The van der Waals surface area contributed by atoms with Gasteiger partial charge in [-0.25, -0.2) is 4.98 Å². The second-order valence-electron chi connectivity index (χ2n) is 4.85. The van der Waals surface area contributed by atoms with Crippen molar-refractivity contribution in [2.24, 2.45) is 0 Å². The number of hydrogen-bond donors (Lipinski definition) is 1. The zero-order valence-corrected chi connectivity index (χ0v) is 11.9. The Morgan fingerprint density at radius 3 is 2.95 bits per heavy atom. The SMILES string of the molecule is Cc1noc([C@H]2C[C@@H](O)CN2c2ccc(Cl)c(C#N)n2)n1. The van der Waals surface area contributed by atoms with Gasteiger partial charge in [-0.3, -0.25) is 0 Å². The lowest BCUT2D eigenvalue weighted by Gasteiger charge is -2.22. The fourth-order valence-electron chi connectivity index (χ4n) is 2.42. The minimum Gasteiger partial charge on any atom is -0.391 e. The molecule has 3 heterocycles. The summed E-state index contributed by atoms with van der Waals surface area (Å²) >= 11 is 5.89. The third-order valence-electron chi connectivity index (χ3n) is 3.34. The normalized spacial score (nSPS) is 21.5. The molecule has 1 aliphatic rings. The van der Waals surface area contributed by atoms with Crippen LogP contribution in [-0.4, -0.2) is 32.9 Å². The van der Waals surface area contributed by atoms with Crippen LogP contribution in [0.2, 0.25) is 5.02 Å². The number of pyridine rings is 1. The maximum atomic E-state index is 9.93. The topological polar surface area (TPSA) is 99.1 Å². The molecule has 0 bridgehead atoms. The molecule has 7 nitrogen and oxygen atoms in total. The van der Waals surface area contributed by atoms with Gasteiger partial charge in [0.2, 0.25) is 5.89 Å². The average molecular weight is 306 g/mol. The Bertz CT molecular complexity index is 711. The molecule has 8 heteroatoms. The fraction of sp³-hybridized carbons (Fsp3) is 0.385. The maximum Gasteiger partial charge on any atom is 0.249 e. The molecule has 2 aromatic heterocycles. The molecule has 0 spiro atoms. The van der Waals surface area contributed by atoms with Gasteiger partial charge in [0, 0.05) is 13.0 Å². The summed E-state index contributed by atoms with van der Waals surface area (Å²) in [5.74, 6) is 1.51. The van der Waals surface area contributed by atoms with Crippen molar-refractivity contribution >= 4 is 17.4 Å². The van der Waals surface area contributed by atoms with Gasteiger partial charge in [0.15, 0.2) is 11.5 Å². The summed E-state index contributed by atoms with van der Waals surface area (Å²) in [6.07, 6.45) is -0.0568. The molecule has 108 valence electrons. The summed E-state index contributed by atoms with van der Waals surface area (Å²) in [7, 11) is 0. The molecule has 0 radical (unpaired) electrons. The molecule has 21 heavy (non-hydrogen) atoms. The van der Waals surface area contributed by atoms with E-state index in [0.717, 1.165) is 0 Å². The Hall–Kier alpha value is -2.17. The molecule has 1 N–H and O–H groups in total. The van der Waals surface area contributed by atoms with Crippen molar-refractivity contribution in [1.29, 1.82) is 5.26 Å². The van der Waals surface area contributed by atoms with Crippen LogP contribution < -0.4 is 4.90 Å². The number of β-amino-alcohol motifs (C(OH)–C–C–N with tert-alkyl or cyclic N) is 1. The predicted molar refractivity (Wildman–Crippen MR) is 73.7 cm³/mol. The molecule has 1 aliphatic heterocycles. The van der Waals surface area contributed by atoms with E-state index >= 15 is 0 Å². The van der Waals surface area contributed by atoms with Gasteiger partial charge in [-0.2, -0.15) is 10.2 Å². The van der Waals surface area contributed by atoms with Crippen LogP contribution in [0.25, 0.3) is 0 Å². The van der Waals surface area contributed by atoms with Gasteiger partial charge in [-0.15, -0.1) is 0 Å². The van der Waals surface area contributed by atoms with Crippen molar-refractivity contribution in [3.63, 3.8) is 0 Å². The molecule has 0 saturated carbocycles. The third kappa shape index (κ3) is 2.55. The summed E-state index contributed by atoms with van der Waals surface area (Å²) in [5.41, 5.74) is 0.149. The van der Waals surface area contributed by atoms with E-state index in [1.807, 2.05) is 11.0 Å². The Morgan fingerprint density at radius 2 is 2.29 bits per heavy atom. The number of aliphatic hydroxyl groups is 1. The fourth-order valence-corrected chi connectivity index (χ4v) is 2.57. The monoisotopic (exact) mass is 305 g/mol. The third-order valence-corrected chi connectivity index (χ3v) is 3.64. The number of aryl methyl sites for hydroxylation is 1. The minimum absolute atomic E-state index is 0.149. The average Bonchev–Trinajstić information content (AvgIpc) is 3.05. The van der Waals surface area contributed by atoms with Crippen LogP contribution in [0.15, 0.2) is 16.7 Å². The number of halogens is 1. The highest BCUT2D eigenvalue weighted by Crippen LogP contribution is 2.35. The predicted octanol–water partition coefficient (Wildman–Crippen LogP) is 1.61. The van der Waals surface area contributed by atoms with Crippen molar-refractivity contribution in [1.82, 2.24) is 15.1 Å². The molecular weight excluding hydrogens is 294 g/mol. The van der Waals surface area contributed by atoms with Crippen molar-refractivity contribution in [3.8, 4) is 6.07 Å². The quantitative estimate of drug-likeness (QED) is 0.899. The first-order valence-electron chi connectivity index (χ1n) is 6.40. The van der Waals surface area contributed by atoms with Crippen LogP contribution in [0.3, 0.4) is 0 Å². The number of rotatable bonds is 2. The summed E-state index contributed by atoms with van der Waals surface area (Å²) < 4.78 is 5.20. The molecular formula is C13H12ClN5O2. The summed E-state index contributed by atoms with van der Waals surface area (Å²) in [5, 5.41) is 23.0. The van der Waals surface area contributed by atoms with Gasteiger partial charge in [-0.05, 0) is 19.1 Å². The van der Waals surface area contributed by atoms with E-state index in [1.54, 1.807) is 19.1 Å². The Balaban J connectivity index is 1.97. The summed E-state index contributed by atoms with van der Waals surface area (Å²) in [4.78, 5) is 10.3. The molecule has 2 atom stereocenters. The van der Waals surface area contributed by atoms with Crippen LogP contribution in [0.4, 0.5) is 5.82 Å². The van der Waals surface area contributed by atoms with Crippen molar-refractivity contribution < 1.29 is 9.63 Å². The van der Waals surface area contributed by atoms with E-state index in [-0.39, 0.29) is 11.7 Å². The van der Waals surface area contributed by atoms with E-state index < -0.39 is 6.10 Å². The van der Waals surface area contributed by atoms with Crippen LogP contribution >= 0.6 is 11.6 Å². The first-order chi connectivity index (χ1) is 10.1. The maximum absolute atomic E-state index is 9.93. The minimum atomic E-state index is -0.523. The lowest BCUT2D eigenvalue weighted by atomic mass is 10.2. The van der Waals surface area contributed by atoms with Gasteiger partial charge < -0.3 is 14.5 Å². The Kier molecular flexibility index (Phi) is 3.49. The molecule has 0 aliphatic carbocycles. The molecule has 1 saturated heterocycles. The summed E-state index contributed by atoms with van der Waals surface area (Å²) in [6.45, 7) is 2.11. The van der Waals surface area contributed by atoms with E-state index in [1.165, 1.54) is 0 Å². The smallest absolute Gasteiger partial charge is 0.249 e. The number of anilines is 1. The molecule has 2 aromatic rings. The zero-order chi connectivity index (χ0) is 15.0. The van der Waals surface area contributed by atoms with Crippen molar-refractivity contribution in [2.45, 2.75) is 25.5 Å². The lowest BCUT2D eigenvalue weighted by molar-refractivity contribution is 0.191. The number of hydrogen-bond acceptors (Lipinski definition) is 7. The summed E-state index contributed by atoms with van der Waals surface area (Å²) in [6, 6.07) is 5.00. The lowest BCUT2D eigenvalue weighted by Crippen LogP contribution is -2.25. The first-order valence-corrected chi connectivity index (χ1v) is 6.78. The van der Waals surface area contributed by atoms with Gasteiger partial charge in [0.05, 0.1) is 11.1 Å². The zero-order valence-electron chi connectivity index (χ0n) is 11.2. The van der Waals surface area contributed by atoms with E-state index in [0.29, 0.717) is 35.5 Å². The van der Waals surface area contributed by atoms with Gasteiger partial charge in [0.25, 0.3) is 0 Å². The number of aromatic nitrogens is 3. The standard InChI is InChI=1S/C13H12ClN5O2/c1-7-16-13(21-18-7)11-4-8(20)6-19(11)12-3-2-9(14)10(5-15)17-12/h2-3,8,11,20H,4,6H2,1H3/t8-,11-/m1/s1. The highest BCUT2D eigenvalue weighted by molar-refractivity contribution is 6.31. The second-order valence-corrected chi connectivity index (χ2v) is 5.26. The van der Waals surface area contributed by atoms with Crippen LogP contribution in [0.1, 0.15) is 29.9 Å². The number of aliphatic hydroxyl groups excluding tert-OH is 1. The van der Waals surface area contributed by atoms with Gasteiger partial charge in [-0.1, -0.05) is 16.8 Å². The molecule has 0 unspecified atom stereocenters. The van der Waals surface area contributed by atoms with E-state index in [4.69, 9.17) is 21.4 Å². The van der Waals surface area contributed by atoms with Crippen molar-refractivity contribution in [2.75, 3.05) is 11.4 Å².